The third-order valence-electron chi connectivity index (χ3n) is 5.45. The van der Waals surface area contributed by atoms with Crippen LogP contribution in [0.25, 0.3) is 33.5 Å². The SMILES string of the molecule is CCCSc1nc2cccc(OC(=O)O)c2n1Cc1ccc(-c2ccccc2-c2nn[nH]n2)cc1. The molecule has 9 nitrogen and oxygen atoms in total. The Hall–Kier alpha value is -4.18. The van der Waals surface area contributed by atoms with E-state index in [1.807, 2.05) is 34.9 Å². The molecule has 2 heterocycles. The number of nitrogens with one attached hydrogen (secondary N) is 1. The number of carboxylic acid groups (broad SMARTS) is 1. The van der Waals surface area contributed by atoms with Gasteiger partial charge in [0.2, 0.25) is 5.82 Å². The van der Waals surface area contributed by atoms with Crippen LogP contribution in [0.2, 0.25) is 0 Å². The number of thioether (sulfide) groups is 1. The molecule has 176 valence electrons. The number of ether oxygens (including phenoxy) is 1. The number of nitrogens with zero attached hydrogens (tertiary/aromatic N) is 5. The second-order valence-corrected chi connectivity index (χ2v) is 8.86. The van der Waals surface area contributed by atoms with Crippen molar-refractivity contribution in [1.29, 1.82) is 0 Å². The number of tetrazole rings is 1. The maximum atomic E-state index is 11.3. The summed E-state index contributed by atoms with van der Waals surface area (Å²) in [6, 6.07) is 21.4. The largest absolute Gasteiger partial charge is 0.511 e. The minimum atomic E-state index is -1.35. The molecule has 10 heteroatoms. The molecule has 0 aliphatic rings. The summed E-state index contributed by atoms with van der Waals surface area (Å²) in [5, 5.41) is 24.5. The molecule has 0 radical (unpaired) electrons. The van der Waals surface area contributed by atoms with Crippen LogP contribution in [-0.2, 0) is 6.54 Å². The predicted octanol–water partition coefficient (Wildman–Crippen LogP) is 5.49. The number of hydrogen-bond donors (Lipinski definition) is 2. The number of rotatable bonds is 8. The maximum Gasteiger partial charge on any atom is 0.511 e. The molecule has 0 saturated carbocycles. The van der Waals surface area contributed by atoms with Gasteiger partial charge in [-0.2, -0.15) is 5.21 Å². The molecule has 35 heavy (non-hydrogen) atoms. The van der Waals surface area contributed by atoms with Gasteiger partial charge >= 0.3 is 6.16 Å². The van der Waals surface area contributed by atoms with E-state index in [2.05, 4.69) is 51.8 Å². The normalized spacial score (nSPS) is 11.1. The van der Waals surface area contributed by atoms with E-state index in [9.17, 15) is 9.90 Å². The van der Waals surface area contributed by atoms with E-state index in [-0.39, 0.29) is 5.75 Å². The van der Waals surface area contributed by atoms with E-state index in [0.29, 0.717) is 23.4 Å². The van der Waals surface area contributed by atoms with Gasteiger partial charge in [-0.15, -0.1) is 10.2 Å². The Kier molecular flexibility index (Phi) is 6.44. The Morgan fingerprint density at radius 2 is 1.86 bits per heavy atom. The van der Waals surface area contributed by atoms with Crippen molar-refractivity contribution < 1.29 is 14.6 Å². The van der Waals surface area contributed by atoms with Crippen molar-refractivity contribution in [1.82, 2.24) is 30.2 Å². The van der Waals surface area contributed by atoms with Crippen LogP contribution in [-0.4, -0.2) is 47.2 Å². The highest BCUT2D eigenvalue weighted by Crippen LogP contribution is 2.33. The molecule has 3 aromatic carbocycles. The van der Waals surface area contributed by atoms with Crippen molar-refractivity contribution in [2.75, 3.05) is 5.75 Å². The number of para-hydroxylation sites is 1. The van der Waals surface area contributed by atoms with Gasteiger partial charge in [0.1, 0.15) is 5.52 Å². The summed E-state index contributed by atoms with van der Waals surface area (Å²) in [6.07, 6.45) is -0.349. The first kappa shape index (κ1) is 22.6. The molecule has 0 atom stereocenters. The van der Waals surface area contributed by atoms with E-state index >= 15 is 0 Å². The summed E-state index contributed by atoms with van der Waals surface area (Å²) >= 11 is 1.65. The lowest BCUT2D eigenvalue weighted by atomic mass is 9.98. The van der Waals surface area contributed by atoms with Gasteiger partial charge in [-0.3, -0.25) is 0 Å². The fourth-order valence-electron chi connectivity index (χ4n) is 3.94. The molecular formula is C25H22N6O3S. The first-order chi connectivity index (χ1) is 17.1. The summed E-state index contributed by atoms with van der Waals surface area (Å²) in [5.74, 6) is 1.72. The van der Waals surface area contributed by atoms with E-state index in [4.69, 9.17) is 9.72 Å². The van der Waals surface area contributed by atoms with Crippen LogP contribution in [0.4, 0.5) is 4.79 Å². The Morgan fingerprint density at radius 3 is 2.57 bits per heavy atom. The van der Waals surface area contributed by atoms with Gasteiger partial charge in [0.05, 0.1) is 12.1 Å². The Morgan fingerprint density at radius 1 is 1.06 bits per heavy atom. The lowest BCUT2D eigenvalue weighted by Gasteiger charge is -2.12. The van der Waals surface area contributed by atoms with Crippen LogP contribution < -0.4 is 4.74 Å². The molecule has 0 unspecified atom stereocenters. The zero-order valence-corrected chi connectivity index (χ0v) is 19.7. The minimum absolute atomic E-state index is 0.275. The summed E-state index contributed by atoms with van der Waals surface area (Å²) in [7, 11) is 0. The minimum Gasteiger partial charge on any atom is -0.449 e. The number of aromatic amines is 1. The highest BCUT2D eigenvalue weighted by Gasteiger charge is 2.18. The lowest BCUT2D eigenvalue weighted by molar-refractivity contribution is 0.145. The Balaban J connectivity index is 1.51. The molecule has 5 aromatic rings. The fourth-order valence-corrected chi connectivity index (χ4v) is 4.80. The number of aromatic nitrogens is 6. The van der Waals surface area contributed by atoms with Gasteiger partial charge in [-0.05, 0) is 40.5 Å². The first-order valence-corrected chi connectivity index (χ1v) is 12.1. The lowest BCUT2D eigenvalue weighted by Crippen LogP contribution is -2.07. The molecule has 0 bridgehead atoms. The van der Waals surface area contributed by atoms with E-state index in [1.165, 1.54) is 0 Å². The first-order valence-electron chi connectivity index (χ1n) is 11.1. The Labute approximate surface area is 205 Å². The maximum absolute atomic E-state index is 11.3. The predicted molar refractivity (Wildman–Crippen MR) is 134 cm³/mol. The summed E-state index contributed by atoms with van der Waals surface area (Å²) in [5.41, 5.74) is 5.34. The van der Waals surface area contributed by atoms with Crippen molar-refractivity contribution in [3.05, 3.63) is 72.3 Å². The zero-order valence-electron chi connectivity index (χ0n) is 18.9. The van der Waals surface area contributed by atoms with E-state index in [1.54, 1.807) is 23.9 Å². The van der Waals surface area contributed by atoms with Gasteiger partial charge in [-0.1, -0.05) is 73.3 Å². The highest BCUT2D eigenvalue weighted by atomic mass is 32.2. The fraction of sp³-hybridized carbons (Fsp3) is 0.160. The summed E-state index contributed by atoms with van der Waals surface area (Å²) < 4.78 is 7.10. The number of benzene rings is 3. The van der Waals surface area contributed by atoms with Gasteiger partial charge in [-0.25, -0.2) is 9.78 Å². The zero-order chi connectivity index (χ0) is 24.2. The molecule has 2 aromatic heterocycles. The molecule has 0 spiro atoms. The topological polar surface area (TPSA) is 119 Å². The molecule has 0 amide bonds. The second kappa shape index (κ2) is 9.98. The van der Waals surface area contributed by atoms with Crippen LogP contribution in [0.5, 0.6) is 5.75 Å². The standard InChI is InChI=1S/C25H22N6O3S/c1-2-14-35-24-26-20-8-5-9-21(34-25(32)33)22(20)31(24)15-16-10-12-17(13-11-16)18-6-3-4-7-19(18)23-27-29-30-28-23/h3-13H,2,14-15H2,1H3,(H,32,33)(H,27,28,29,30). The van der Waals surface area contributed by atoms with Gasteiger partial charge < -0.3 is 14.4 Å². The molecule has 0 aliphatic heterocycles. The number of carbonyl (C=O) groups is 1. The van der Waals surface area contributed by atoms with Crippen molar-refractivity contribution in [3.8, 4) is 28.3 Å². The second-order valence-electron chi connectivity index (χ2n) is 7.80. The van der Waals surface area contributed by atoms with Crippen LogP contribution in [0.15, 0.2) is 71.9 Å². The van der Waals surface area contributed by atoms with Crippen LogP contribution >= 0.6 is 11.8 Å². The quantitative estimate of drug-likeness (QED) is 0.168. The molecular weight excluding hydrogens is 464 g/mol. The van der Waals surface area contributed by atoms with Crippen LogP contribution in [0.3, 0.4) is 0 Å². The van der Waals surface area contributed by atoms with E-state index in [0.717, 1.165) is 39.6 Å². The highest BCUT2D eigenvalue weighted by molar-refractivity contribution is 7.99. The van der Waals surface area contributed by atoms with E-state index < -0.39 is 6.16 Å². The van der Waals surface area contributed by atoms with Gasteiger partial charge in [0.15, 0.2) is 10.9 Å². The van der Waals surface area contributed by atoms with Crippen molar-refractivity contribution >= 4 is 29.0 Å². The number of fused-ring (bicyclic) bond motifs is 1. The Bertz CT molecular complexity index is 1460. The smallest absolute Gasteiger partial charge is 0.449 e. The van der Waals surface area contributed by atoms with Crippen molar-refractivity contribution in [2.24, 2.45) is 0 Å². The third-order valence-corrected chi connectivity index (χ3v) is 6.63. The molecule has 5 rings (SSSR count). The molecule has 0 saturated heterocycles. The summed E-state index contributed by atoms with van der Waals surface area (Å²) in [6.45, 7) is 2.64. The number of hydrogen-bond acceptors (Lipinski definition) is 7. The van der Waals surface area contributed by atoms with Crippen molar-refractivity contribution in [3.63, 3.8) is 0 Å². The third kappa shape index (κ3) is 4.73. The van der Waals surface area contributed by atoms with Gasteiger partial charge in [0.25, 0.3) is 0 Å². The molecule has 0 aliphatic carbocycles. The van der Waals surface area contributed by atoms with Crippen LogP contribution in [0, 0.1) is 0 Å². The van der Waals surface area contributed by atoms with Crippen molar-refractivity contribution in [2.45, 2.75) is 25.0 Å². The average Bonchev–Trinajstić information content (AvgIpc) is 3.52. The number of imidazole rings is 1. The summed E-state index contributed by atoms with van der Waals surface area (Å²) in [4.78, 5) is 16.0. The molecule has 2 N–H and O–H groups in total. The van der Waals surface area contributed by atoms with Gasteiger partial charge in [0, 0.05) is 11.3 Å². The number of H-pyrrole nitrogens is 1. The van der Waals surface area contributed by atoms with Crippen LogP contribution in [0.1, 0.15) is 18.9 Å². The monoisotopic (exact) mass is 486 g/mol. The average molecular weight is 487 g/mol. The molecule has 0 fully saturated rings.